The Balaban J connectivity index is 1.35. The molecule has 1 aliphatic heterocycles. The van der Waals surface area contributed by atoms with Gasteiger partial charge in [0.2, 0.25) is 5.91 Å². The van der Waals surface area contributed by atoms with Gasteiger partial charge in [-0.25, -0.2) is 4.98 Å². The van der Waals surface area contributed by atoms with E-state index >= 15 is 0 Å². The van der Waals surface area contributed by atoms with Gasteiger partial charge in [-0.05, 0) is 42.9 Å². The number of piperazine rings is 1. The molecule has 6 rings (SSSR count). The third-order valence-corrected chi connectivity index (χ3v) is 7.16. The number of benzene rings is 1. The average Bonchev–Trinajstić information content (AvgIpc) is 3.52. The summed E-state index contributed by atoms with van der Waals surface area (Å²) >= 11 is 0. The molecule has 1 aromatic carbocycles. The number of likely N-dealkylation sites (N-methyl/N-ethyl adjacent to an activating group) is 1. The molecule has 0 atom stereocenters. The number of carbonyl (C=O) groups excluding carboxylic acids is 1. The van der Waals surface area contributed by atoms with Crippen molar-refractivity contribution in [2.75, 3.05) is 43.4 Å². The zero-order valence-corrected chi connectivity index (χ0v) is 22.2. The van der Waals surface area contributed by atoms with Crippen LogP contribution in [0.4, 0.5) is 11.5 Å². The number of aromatic nitrogens is 5. The molecule has 0 spiro atoms. The minimum atomic E-state index is -0.486. The Bertz CT molecular complexity index is 1640. The monoisotopic (exact) mass is 508 g/mol. The summed E-state index contributed by atoms with van der Waals surface area (Å²) in [7, 11) is 2.16. The zero-order valence-electron chi connectivity index (χ0n) is 22.2. The molecule has 4 aromatic heterocycles. The van der Waals surface area contributed by atoms with Gasteiger partial charge >= 0.3 is 0 Å². The number of hydrogen-bond acceptors (Lipinski definition) is 6. The van der Waals surface area contributed by atoms with Gasteiger partial charge in [0.25, 0.3) is 0 Å². The Morgan fingerprint density at radius 3 is 2.55 bits per heavy atom. The second kappa shape index (κ2) is 9.25. The van der Waals surface area contributed by atoms with E-state index in [4.69, 9.17) is 4.98 Å². The molecule has 0 saturated carbocycles. The summed E-state index contributed by atoms with van der Waals surface area (Å²) in [6, 6.07) is 12.3. The van der Waals surface area contributed by atoms with E-state index in [0.29, 0.717) is 5.69 Å². The lowest BCUT2D eigenvalue weighted by Crippen LogP contribution is -2.44. The predicted octanol–water partition coefficient (Wildman–Crippen LogP) is 4.90. The maximum Gasteiger partial charge on any atom is 0.229 e. The Labute approximate surface area is 221 Å². The number of aromatic amines is 2. The molecule has 0 bridgehead atoms. The van der Waals surface area contributed by atoms with E-state index in [0.717, 1.165) is 76.3 Å². The van der Waals surface area contributed by atoms with Crippen LogP contribution in [0.2, 0.25) is 0 Å². The summed E-state index contributed by atoms with van der Waals surface area (Å²) in [4.78, 5) is 29.8. The van der Waals surface area contributed by atoms with E-state index in [9.17, 15) is 4.79 Å². The fourth-order valence-electron chi connectivity index (χ4n) is 4.82. The molecule has 1 saturated heterocycles. The number of rotatable bonds is 4. The fraction of sp³-hybridized carbons (Fsp3) is 0.310. The van der Waals surface area contributed by atoms with E-state index in [1.165, 1.54) is 0 Å². The normalized spacial score (nSPS) is 14.9. The average molecular weight is 509 g/mol. The SMILES string of the molecule is CN1CCN(c2nccc3[nH]c(-c4n[nH]c5ccc(-c6cncc(NC(=O)C(C)(C)C)c6)cc45)cc23)CC1. The largest absolute Gasteiger partial charge is 0.353 e. The van der Waals surface area contributed by atoms with Crippen molar-refractivity contribution >= 4 is 39.2 Å². The quantitative estimate of drug-likeness (QED) is 0.319. The number of amides is 1. The Hall–Kier alpha value is -4.24. The van der Waals surface area contributed by atoms with Crippen molar-refractivity contribution in [3.63, 3.8) is 0 Å². The molecule has 0 aliphatic carbocycles. The number of fused-ring (bicyclic) bond motifs is 2. The first-order valence-electron chi connectivity index (χ1n) is 12.9. The van der Waals surface area contributed by atoms with Crippen LogP contribution in [-0.4, -0.2) is 69.2 Å². The van der Waals surface area contributed by atoms with Crippen molar-refractivity contribution in [1.29, 1.82) is 0 Å². The maximum absolute atomic E-state index is 12.5. The van der Waals surface area contributed by atoms with Crippen molar-refractivity contribution in [2.45, 2.75) is 20.8 Å². The van der Waals surface area contributed by atoms with Crippen molar-refractivity contribution in [3.8, 4) is 22.5 Å². The van der Waals surface area contributed by atoms with E-state index in [-0.39, 0.29) is 5.91 Å². The van der Waals surface area contributed by atoms with Gasteiger partial charge in [0.15, 0.2) is 0 Å². The summed E-state index contributed by atoms with van der Waals surface area (Å²) < 4.78 is 0. The lowest BCUT2D eigenvalue weighted by Gasteiger charge is -2.33. The van der Waals surface area contributed by atoms with E-state index in [2.05, 4.69) is 54.5 Å². The number of hydrogen-bond donors (Lipinski definition) is 3. The molecule has 5 heterocycles. The molecule has 9 heteroatoms. The highest BCUT2D eigenvalue weighted by atomic mass is 16.2. The molecule has 38 heavy (non-hydrogen) atoms. The van der Waals surface area contributed by atoms with Crippen LogP contribution in [-0.2, 0) is 4.79 Å². The number of anilines is 2. The maximum atomic E-state index is 12.5. The Morgan fingerprint density at radius 1 is 0.947 bits per heavy atom. The van der Waals surface area contributed by atoms with Crippen LogP contribution in [0.15, 0.2) is 55.0 Å². The van der Waals surface area contributed by atoms with Crippen LogP contribution in [0.25, 0.3) is 44.3 Å². The highest BCUT2D eigenvalue weighted by Gasteiger charge is 2.22. The number of carbonyl (C=O) groups is 1. The van der Waals surface area contributed by atoms with Gasteiger partial charge in [-0.1, -0.05) is 26.8 Å². The molecule has 0 radical (unpaired) electrons. The van der Waals surface area contributed by atoms with Gasteiger partial charge < -0.3 is 20.1 Å². The Morgan fingerprint density at radius 2 is 1.76 bits per heavy atom. The molecule has 194 valence electrons. The number of pyridine rings is 2. The molecule has 1 fully saturated rings. The predicted molar refractivity (Wildman–Crippen MR) is 152 cm³/mol. The Kier molecular flexibility index (Phi) is 5.87. The smallest absolute Gasteiger partial charge is 0.229 e. The first kappa shape index (κ1) is 24.1. The number of H-pyrrole nitrogens is 2. The summed E-state index contributed by atoms with van der Waals surface area (Å²) in [5, 5.41) is 12.9. The highest BCUT2D eigenvalue weighted by molar-refractivity contribution is 6.00. The van der Waals surface area contributed by atoms with Gasteiger partial charge in [0, 0.05) is 60.3 Å². The van der Waals surface area contributed by atoms with Crippen molar-refractivity contribution in [3.05, 3.63) is 55.0 Å². The topological polar surface area (TPSA) is 106 Å². The third kappa shape index (κ3) is 4.50. The fourth-order valence-corrected chi connectivity index (χ4v) is 4.82. The van der Waals surface area contributed by atoms with Crippen LogP contribution in [0.3, 0.4) is 0 Å². The second-order valence-electron chi connectivity index (χ2n) is 11.1. The molecule has 1 amide bonds. The molecule has 9 nitrogen and oxygen atoms in total. The first-order chi connectivity index (χ1) is 18.3. The van der Waals surface area contributed by atoms with Gasteiger partial charge in [-0.3, -0.25) is 14.9 Å². The van der Waals surface area contributed by atoms with E-state index < -0.39 is 5.41 Å². The van der Waals surface area contributed by atoms with Crippen LogP contribution >= 0.6 is 0 Å². The zero-order chi connectivity index (χ0) is 26.4. The minimum absolute atomic E-state index is 0.0479. The molecule has 1 aliphatic rings. The lowest BCUT2D eigenvalue weighted by atomic mass is 9.95. The molecule has 0 unspecified atom stereocenters. The van der Waals surface area contributed by atoms with Crippen LogP contribution in [0.5, 0.6) is 0 Å². The van der Waals surface area contributed by atoms with Crippen LogP contribution in [0.1, 0.15) is 20.8 Å². The highest BCUT2D eigenvalue weighted by Crippen LogP contribution is 2.34. The third-order valence-electron chi connectivity index (χ3n) is 7.16. The van der Waals surface area contributed by atoms with Gasteiger partial charge in [-0.2, -0.15) is 5.10 Å². The van der Waals surface area contributed by atoms with Gasteiger partial charge in [0.1, 0.15) is 11.5 Å². The standard InChI is InChI=1S/C29H32N8O/c1-29(2,3)28(38)32-20-13-19(16-30-17-20)18-5-6-24-21(14-18)26(35-34-24)25-15-22-23(33-25)7-8-31-27(22)37-11-9-36(4)10-12-37/h5-8,13-17,33H,9-12H2,1-4H3,(H,32,38)(H,34,35). The second-order valence-corrected chi connectivity index (χ2v) is 11.1. The molecular formula is C29H32N8O. The molecular weight excluding hydrogens is 476 g/mol. The van der Waals surface area contributed by atoms with Crippen LogP contribution < -0.4 is 10.2 Å². The van der Waals surface area contributed by atoms with Gasteiger partial charge in [0.05, 0.1) is 28.6 Å². The summed E-state index contributed by atoms with van der Waals surface area (Å²) in [5.41, 5.74) is 5.89. The van der Waals surface area contributed by atoms with E-state index in [1.807, 2.05) is 57.4 Å². The first-order valence-corrected chi connectivity index (χ1v) is 12.9. The van der Waals surface area contributed by atoms with Crippen molar-refractivity contribution in [1.82, 2.24) is 30.0 Å². The molecule has 3 N–H and O–H groups in total. The van der Waals surface area contributed by atoms with Crippen LogP contribution in [0, 0.1) is 5.41 Å². The van der Waals surface area contributed by atoms with Gasteiger partial charge in [-0.15, -0.1) is 0 Å². The summed E-state index contributed by atoms with van der Waals surface area (Å²) in [5.74, 6) is 0.965. The lowest BCUT2D eigenvalue weighted by molar-refractivity contribution is -0.123. The summed E-state index contributed by atoms with van der Waals surface area (Å²) in [6.07, 6.45) is 5.35. The number of nitrogens with zero attached hydrogens (tertiary/aromatic N) is 5. The minimum Gasteiger partial charge on any atom is -0.353 e. The van der Waals surface area contributed by atoms with Crippen molar-refractivity contribution < 1.29 is 4.79 Å². The molecule has 5 aromatic rings. The van der Waals surface area contributed by atoms with Crippen molar-refractivity contribution in [2.24, 2.45) is 5.41 Å². The van der Waals surface area contributed by atoms with E-state index in [1.54, 1.807) is 6.20 Å². The number of nitrogens with one attached hydrogen (secondary N) is 3. The summed E-state index contributed by atoms with van der Waals surface area (Å²) in [6.45, 7) is 9.64.